The number of nitrogens with two attached hydrogens (primary N) is 1. The van der Waals surface area contributed by atoms with Crippen LogP contribution in [0.2, 0.25) is 0 Å². The van der Waals surface area contributed by atoms with E-state index >= 15 is 0 Å². The highest BCUT2D eigenvalue weighted by Crippen LogP contribution is 2.11. The minimum absolute atomic E-state index is 0.422. The lowest BCUT2D eigenvalue weighted by Crippen LogP contribution is -2.44. The van der Waals surface area contributed by atoms with Crippen LogP contribution < -0.4 is 5.73 Å². The molecule has 1 aliphatic heterocycles. The fraction of sp³-hybridized carbons (Fsp3) is 1.00. The zero-order valence-corrected chi connectivity index (χ0v) is 9.54. The second kappa shape index (κ2) is 6.38. The van der Waals surface area contributed by atoms with Crippen molar-refractivity contribution in [1.29, 1.82) is 0 Å². The molecule has 0 saturated carbocycles. The molecule has 0 unspecified atom stereocenters. The fourth-order valence-corrected chi connectivity index (χ4v) is 1.98. The predicted octanol–water partition coefficient (Wildman–Crippen LogP) is 1.08. The second-order valence-corrected chi connectivity index (χ2v) is 4.58. The molecular weight excluding hydrogens is 176 g/mol. The van der Waals surface area contributed by atoms with Gasteiger partial charge in [0.2, 0.25) is 0 Å². The molecule has 1 fully saturated rings. The maximum atomic E-state index is 5.69. The van der Waals surface area contributed by atoms with Gasteiger partial charge < -0.3 is 10.5 Å². The molecule has 1 saturated heterocycles. The fourth-order valence-electron chi connectivity index (χ4n) is 1.98. The number of nitrogens with zero attached hydrogens (tertiary/aromatic N) is 1. The molecule has 14 heavy (non-hydrogen) atoms. The van der Waals surface area contributed by atoms with Gasteiger partial charge >= 0.3 is 0 Å². The van der Waals surface area contributed by atoms with Crippen molar-refractivity contribution in [2.45, 2.75) is 32.8 Å². The van der Waals surface area contributed by atoms with Gasteiger partial charge in [-0.3, -0.25) is 4.90 Å². The smallest absolute Gasteiger partial charge is 0.0703 e. The topological polar surface area (TPSA) is 38.5 Å². The Morgan fingerprint density at radius 2 is 2.29 bits per heavy atom. The number of hydrogen-bond donors (Lipinski definition) is 1. The molecule has 84 valence electrons. The van der Waals surface area contributed by atoms with Gasteiger partial charge in [0.1, 0.15) is 0 Å². The van der Waals surface area contributed by atoms with Crippen molar-refractivity contribution in [1.82, 2.24) is 4.90 Å². The Bertz CT molecular complexity index is 150. The van der Waals surface area contributed by atoms with Crippen LogP contribution in [0, 0.1) is 5.92 Å². The van der Waals surface area contributed by atoms with Crippen LogP contribution in [0.5, 0.6) is 0 Å². The van der Waals surface area contributed by atoms with Gasteiger partial charge in [0.05, 0.1) is 12.7 Å². The van der Waals surface area contributed by atoms with Crippen LogP contribution in [0.15, 0.2) is 0 Å². The van der Waals surface area contributed by atoms with E-state index < -0.39 is 0 Å². The molecule has 0 aromatic carbocycles. The lowest BCUT2D eigenvalue weighted by atomic mass is 10.1. The first-order valence-electron chi connectivity index (χ1n) is 5.76. The summed E-state index contributed by atoms with van der Waals surface area (Å²) in [4.78, 5) is 2.51. The lowest BCUT2D eigenvalue weighted by Gasteiger charge is -2.33. The van der Waals surface area contributed by atoms with Crippen LogP contribution in [0.3, 0.4) is 0 Å². The Balaban J connectivity index is 2.21. The first-order valence-corrected chi connectivity index (χ1v) is 5.76. The van der Waals surface area contributed by atoms with Crippen molar-refractivity contribution < 1.29 is 4.74 Å². The third kappa shape index (κ3) is 4.40. The highest BCUT2D eigenvalue weighted by Gasteiger charge is 2.19. The average Bonchev–Trinajstić information content (AvgIpc) is 2.14. The summed E-state index contributed by atoms with van der Waals surface area (Å²) in [5, 5.41) is 0. The summed E-state index contributed by atoms with van der Waals surface area (Å²) in [7, 11) is 0. The lowest BCUT2D eigenvalue weighted by molar-refractivity contribution is -0.0355. The predicted molar refractivity (Wildman–Crippen MR) is 59.3 cm³/mol. The molecule has 0 aromatic rings. The van der Waals surface area contributed by atoms with Crippen LogP contribution >= 0.6 is 0 Å². The number of hydrogen-bond acceptors (Lipinski definition) is 3. The molecule has 3 heteroatoms. The molecule has 0 spiro atoms. The van der Waals surface area contributed by atoms with Gasteiger partial charge in [0.25, 0.3) is 0 Å². The van der Waals surface area contributed by atoms with E-state index in [-0.39, 0.29) is 0 Å². The number of rotatable bonds is 5. The number of morpholine rings is 1. The highest BCUT2D eigenvalue weighted by atomic mass is 16.5. The molecule has 2 N–H and O–H groups in total. The first-order chi connectivity index (χ1) is 6.72. The Morgan fingerprint density at radius 1 is 1.50 bits per heavy atom. The zero-order chi connectivity index (χ0) is 10.4. The van der Waals surface area contributed by atoms with Gasteiger partial charge in [-0.1, -0.05) is 13.8 Å². The minimum Gasteiger partial charge on any atom is -0.376 e. The maximum absolute atomic E-state index is 5.69. The van der Waals surface area contributed by atoms with Gasteiger partial charge in [-0.05, 0) is 25.3 Å². The van der Waals surface area contributed by atoms with Gasteiger partial charge in [0.15, 0.2) is 0 Å². The van der Waals surface area contributed by atoms with Gasteiger partial charge in [-0.2, -0.15) is 0 Å². The summed E-state index contributed by atoms with van der Waals surface area (Å²) in [6, 6.07) is 0. The monoisotopic (exact) mass is 200 g/mol. The molecule has 0 aromatic heterocycles. The standard InChI is InChI=1S/C11H24N2O/c1-10(2)8-13-6-7-14-11(9-13)4-3-5-12/h10-11H,3-9,12H2,1-2H3/t11-/m1/s1. The van der Waals surface area contributed by atoms with E-state index in [0.717, 1.165) is 45.0 Å². The van der Waals surface area contributed by atoms with Crippen molar-refractivity contribution in [2.24, 2.45) is 11.7 Å². The van der Waals surface area contributed by atoms with E-state index in [1.54, 1.807) is 0 Å². The van der Waals surface area contributed by atoms with Crippen LogP contribution in [-0.4, -0.2) is 43.8 Å². The molecule has 0 aliphatic carbocycles. The molecule has 0 amide bonds. The van der Waals surface area contributed by atoms with Crippen LogP contribution in [0.1, 0.15) is 26.7 Å². The average molecular weight is 200 g/mol. The number of ether oxygens (including phenoxy) is 1. The van der Waals surface area contributed by atoms with Crippen molar-refractivity contribution in [3.8, 4) is 0 Å². The molecule has 1 rings (SSSR count). The first kappa shape index (κ1) is 12.0. The minimum atomic E-state index is 0.422. The van der Waals surface area contributed by atoms with E-state index in [1.165, 1.54) is 6.54 Å². The Hall–Kier alpha value is -0.120. The SMILES string of the molecule is CC(C)CN1CCO[C@H](CCCN)C1. The van der Waals surface area contributed by atoms with E-state index in [0.29, 0.717) is 6.10 Å². The second-order valence-electron chi connectivity index (χ2n) is 4.58. The highest BCUT2D eigenvalue weighted by molar-refractivity contribution is 4.72. The summed E-state index contributed by atoms with van der Waals surface area (Å²) in [6.07, 6.45) is 2.62. The Morgan fingerprint density at radius 3 is 2.93 bits per heavy atom. The normalized spacial score (nSPS) is 24.4. The van der Waals surface area contributed by atoms with Crippen LogP contribution in [0.25, 0.3) is 0 Å². The molecule has 0 radical (unpaired) electrons. The van der Waals surface area contributed by atoms with Gasteiger partial charge in [-0.25, -0.2) is 0 Å². The van der Waals surface area contributed by atoms with Gasteiger partial charge in [-0.15, -0.1) is 0 Å². The third-order valence-corrected chi connectivity index (χ3v) is 2.58. The summed E-state index contributed by atoms with van der Waals surface area (Å²) in [6.45, 7) is 9.60. The van der Waals surface area contributed by atoms with Crippen molar-refractivity contribution >= 4 is 0 Å². The summed E-state index contributed by atoms with van der Waals surface area (Å²) in [5.74, 6) is 0.753. The molecule has 1 aliphatic rings. The molecule has 1 atom stereocenters. The van der Waals surface area contributed by atoms with Crippen LogP contribution in [0.4, 0.5) is 0 Å². The van der Waals surface area contributed by atoms with E-state index in [9.17, 15) is 0 Å². The van der Waals surface area contributed by atoms with Gasteiger partial charge in [0, 0.05) is 19.6 Å². The maximum Gasteiger partial charge on any atom is 0.0703 e. The van der Waals surface area contributed by atoms with E-state index in [4.69, 9.17) is 10.5 Å². The molecule has 0 bridgehead atoms. The van der Waals surface area contributed by atoms with Crippen molar-refractivity contribution in [2.75, 3.05) is 32.8 Å². The summed E-state index contributed by atoms with van der Waals surface area (Å²) >= 11 is 0. The van der Waals surface area contributed by atoms with E-state index in [1.807, 2.05) is 0 Å². The van der Waals surface area contributed by atoms with Crippen molar-refractivity contribution in [3.05, 3.63) is 0 Å². The van der Waals surface area contributed by atoms with Crippen LogP contribution in [-0.2, 0) is 4.74 Å². The summed E-state index contributed by atoms with van der Waals surface area (Å²) in [5.41, 5.74) is 5.49. The third-order valence-electron chi connectivity index (χ3n) is 2.58. The molecular formula is C11H24N2O. The zero-order valence-electron chi connectivity index (χ0n) is 9.54. The molecule has 3 nitrogen and oxygen atoms in total. The quantitative estimate of drug-likeness (QED) is 0.722. The van der Waals surface area contributed by atoms with Crippen molar-refractivity contribution in [3.63, 3.8) is 0 Å². The molecule has 1 heterocycles. The van der Waals surface area contributed by atoms with E-state index in [2.05, 4.69) is 18.7 Å². The largest absolute Gasteiger partial charge is 0.376 e. The Kier molecular flexibility index (Phi) is 5.45. The Labute approximate surface area is 87.6 Å². The summed E-state index contributed by atoms with van der Waals surface area (Å²) < 4.78 is 5.69.